The topological polar surface area (TPSA) is 40.6 Å². The zero-order valence-corrected chi connectivity index (χ0v) is 13.2. The van der Waals surface area contributed by atoms with Gasteiger partial charge in [0.1, 0.15) is 0 Å². The number of rotatable bonds is 3. The molecule has 1 saturated heterocycles. The molecule has 0 aliphatic carbocycles. The van der Waals surface area contributed by atoms with Gasteiger partial charge in [0, 0.05) is 19.2 Å². The van der Waals surface area contributed by atoms with Crippen LogP contribution in [0, 0.1) is 5.92 Å². The van der Waals surface area contributed by atoms with Gasteiger partial charge in [-0.3, -0.25) is 9.59 Å². The third kappa shape index (κ3) is 3.42. The van der Waals surface area contributed by atoms with Crippen LogP contribution < -0.4 is 0 Å². The molecule has 2 aromatic carbocycles. The molecule has 4 nitrogen and oxygen atoms in total. The van der Waals surface area contributed by atoms with Crippen molar-refractivity contribution in [3.8, 4) is 0 Å². The molecule has 0 unspecified atom stereocenters. The molecule has 2 amide bonds. The number of benzene rings is 2. The minimum Gasteiger partial charge on any atom is -0.328 e. The minimum absolute atomic E-state index is 0.0250. The molecule has 23 heavy (non-hydrogen) atoms. The number of hydrogen-bond acceptors (Lipinski definition) is 2. The minimum atomic E-state index is -0.191. The van der Waals surface area contributed by atoms with Crippen molar-refractivity contribution in [2.45, 2.75) is 6.42 Å². The van der Waals surface area contributed by atoms with Crippen LogP contribution in [0.25, 0.3) is 0 Å². The van der Waals surface area contributed by atoms with E-state index in [4.69, 9.17) is 0 Å². The van der Waals surface area contributed by atoms with Crippen molar-refractivity contribution in [3.05, 3.63) is 71.8 Å². The van der Waals surface area contributed by atoms with Gasteiger partial charge in [-0.1, -0.05) is 48.5 Å². The second kappa shape index (κ2) is 6.65. The lowest BCUT2D eigenvalue weighted by molar-refractivity contribution is -0.140. The quantitative estimate of drug-likeness (QED) is 0.874. The first-order valence-electron chi connectivity index (χ1n) is 7.78. The Labute approximate surface area is 136 Å². The largest absolute Gasteiger partial charge is 0.328 e. The van der Waals surface area contributed by atoms with Gasteiger partial charge in [-0.2, -0.15) is 0 Å². The van der Waals surface area contributed by atoms with Crippen LogP contribution in [0.4, 0.5) is 0 Å². The standard InChI is InChI=1S/C19H20N2O2/c1-20-14-21(19(23)16-10-6-3-7-11-16)13-17(18(20)22)12-15-8-4-2-5-9-15/h2-11,17H,12-14H2,1H3/t17-/m1/s1. The second-order valence-corrected chi connectivity index (χ2v) is 5.96. The van der Waals surface area contributed by atoms with Crippen molar-refractivity contribution >= 4 is 11.8 Å². The van der Waals surface area contributed by atoms with Gasteiger partial charge in [0.2, 0.25) is 5.91 Å². The summed E-state index contributed by atoms with van der Waals surface area (Å²) < 4.78 is 0. The van der Waals surface area contributed by atoms with Gasteiger partial charge in [0.25, 0.3) is 5.91 Å². The predicted octanol–water partition coefficient (Wildman–Crippen LogP) is 2.42. The highest BCUT2D eigenvalue weighted by Crippen LogP contribution is 2.19. The van der Waals surface area contributed by atoms with Gasteiger partial charge < -0.3 is 9.80 Å². The Morgan fingerprint density at radius 2 is 1.65 bits per heavy atom. The van der Waals surface area contributed by atoms with Crippen molar-refractivity contribution in [3.63, 3.8) is 0 Å². The Bertz CT molecular complexity index is 685. The van der Waals surface area contributed by atoms with Crippen molar-refractivity contribution < 1.29 is 9.59 Å². The Kier molecular flexibility index (Phi) is 4.42. The zero-order chi connectivity index (χ0) is 16.2. The number of nitrogens with zero attached hydrogens (tertiary/aromatic N) is 2. The van der Waals surface area contributed by atoms with Gasteiger partial charge >= 0.3 is 0 Å². The maximum atomic E-state index is 12.6. The fourth-order valence-corrected chi connectivity index (χ4v) is 3.00. The molecular formula is C19H20N2O2. The SMILES string of the molecule is CN1CN(C(=O)c2ccccc2)C[C@@H](Cc2ccccc2)C1=O. The summed E-state index contributed by atoms with van der Waals surface area (Å²) in [6, 6.07) is 19.2. The molecule has 0 radical (unpaired) electrons. The first-order chi connectivity index (χ1) is 11.1. The van der Waals surface area contributed by atoms with E-state index in [1.165, 1.54) is 0 Å². The highest BCUT2D eigenvalue weighted by atomic mass is 16.2. The highest BCUT2D eigenvalue weighted by Gasteiger charge is 2.33. The lowest BCUT2D eigenvalue weighted by Crippen LogP contribution is -2.54. The monoisotopic (exact) mass is 308 g/mol. The second-order valence-electron chi connectivity index (χ2n) is 5.96. The van der Waals surface area contributed by atoms with Crippen molar-refractivity contribution in [1.29, 1.82) is 0 Å². The summed E-state index contributed by atoms with van der Waals surface area (Å²) in [5, 5.41) is 0. The summed E-state index contributed by atoms with van der Waals surface area (Å²) >= 11 is 0. The summed E-state index contributed by atoms with van der Waals surface area (Å²) in [5.74, 6) is -0.113. The Hall–Kier alpha value is -2.62. The van der Waals surface area contributed by atoms with E-state index < -0.39 is 0 Å². The Morgan fingerprint density at radius 1 is 1.04 bits per heavy atom. The van der Waals surface area contributed by atoms with E-state index >= 15 is 0 Å². The molecule has 4 heteroatoms. The molecule has 1 aliphatic rings. The lowest BCUT2D eigenvalue weighted by Gasteiger charge is -2.38. The molecule has 0 N–H and O–H groups in total. The van der Waals surface area contributed by atoms with Crippen LogP contribution >= 0.6 is 0 Å². The van der Waals surface area contributed by atoms with Crippen molar-refractivity contribution in [2.75, 3.05) is 20.3 Å². The molecule has 1 heterocycles. The highest BCUT2D eigenvalue weighted by molar-refractivity contribution is 5.95. The summed E-state index contributed by atoms with van der Waals surface area (Å²) in [6.45, 7) is 0.809. The van der Waals surface area contributed by atoms with Gasteiger partial charge in [-0.05, 0) is 24.1 Å². The summed E-state index contributed by atoms with van der Waals surface area (Å²) in [7, 11) is 1.75. The number of carbonyl (C=O) groups excluding carboxylic acids is 2. The van der Waals surface area contributed by atoms with Crippen molar-refractivity contribution in [1.82, 2.24) is 9.80 Å². The summed E-state index contributed by atoms with van der Waals surface area (Å²) in [5.41, 5.74) is 1.78. The van der Waals surface area contributed by atoms with Crippen LogP contribution in [-0.2, 0) is 11.2 Å². The van der Waals surface area contributed by atoms with Crippen LogP contribution in [0.2, 0.25) is 0 Å². The van der Waals surface area contributed by atoms with Crippen LogP contribution in [0.5, 0.6) is 0 Å². The van der Waals surface area contributed by atoms with E-state index in [-0.39, 0.29) is 17.7 Å². The van der Waals surface area contributed by atoms with Crippen LogP contribution in [0.1, 0.15) is 15.9 Å². The summed E-state index contributed by atoms with van der Waals surface area (Å²) in [4.78, 5) is 28.5. The van der Waals surface area contributed by atoms with Gasteiger partial charge in [0.15, 0.2) is 0 Å². The average molecular weight is 308 g/mol. The number of amides is 2. The molecule has 0 spiro atoms. The maximum absolute atomic E-state index is 12.6. The predicted molar refractivity (Wildman–Crippen MR) is 88.8 cm³/mol. The molecule has 2 aromatic rings. The third-order valence-electron chi connectivity index (χ3n) is 4.18. The van der Waals surface area contributed by atoms with Crippen LogP contribution in [-0.4, -0.2) is 41.9 Å². The molecule has 0 aromatic heterocycles. The molecule has 0 bridgehead atoms. The fourth-order valence-electron chi connectivity index (χ4n) is 3.00. The van der Waals surface area contributed by atoms with E-state index in [1.807, 2.05) is 60.7 Å². The van der Waals surface area contributed by atoms with Gasteiger partial charge in [0.05, 0.1) is 12.6 Å². The zero-order valence-electron chi connectivity index (χ0n) is 13.2. The average Bonchev–Trinajstić information content (AvgIpc) is 2.60. The normalized spacial score (nSPS) is 18.1. The molecular weight excluding hydrogens is 288 g/mol. The molecule has 3 rings (SSSR count). The van der Waals surface area contributed by atoms with E-state index in [2.05, 4.69) is 0 Å². The fraction of sp³-hybridized carbons (Fsp3) is 0.263. The molecule has 1 atom stereocenters. The molecule has 0 saturated carbocycles. The maximum Gasteiger partial charge on any atom is 0.255 e. The van der Waals surface area contributed by atoms with Crippen molar-refractivity contribution in [2.24, 2.45) is 5.92 Å². The number of carbonyl (C=O) groups is 2. The first-order valence-corrected chi connectivity index (χ1v) is 7.78. The van der Waals surface area contributed by atoms with Crippen LogP contribution in [0.15, 0.2) is 60.7 Å². The molecule has 118 valence electrons. The Morgan fingerprint density at radius 3 is 2.30 bits per heavy atom. The van der Waals surface area contributed by atoms with Gasteiger partial charge in [-0.25, -0.2) is 0 Å². The Balaban J connectivity index is 1.76. The van der Waals surface area contributed by atoms with E-state index in [0.29, 0.717) is 25.2 Å². The van der Waals surface area contributed by atoms with Crippen LogP contribution in [0.3, 0.4) is 0 Å². The smallest absolute Gasteiger partial charge is 0.255 e. The molecule has 1 fully saturated rings. The molecule has 1 aliphatic heterocycles. The van der Waals surface area contributed by atoms with E-state index in [1.54, 1.807) is 16.8 Å². The lowest BCUT2D eigenvalue weighted by atomic mass is 9.95. The third-order valence-corrected chi connectivity index (χ3v) is 4.18. The summed E-state index contributed by atoms with van der Waals surface area (Å²) in [6.07, 6.45) is 0.655. The van der Waals surface area contributed by atoms with E-state index in [0.717, 1.165) is 5.56 Å². The number of hydrogen-bond donors (Lipinski definition) is 0. The van der Waals surface area contributed by atoms with Gasteiger partial charge in [-0.15, -0.1) is 0 Å². The van der Waals surface area contributed by atoms with E-state index in [9.17, 15) is 9.59 Å². The first kappa shape index (κ1) is 15.3.